The number of hydrogen-bond donors (Lipinski definition) is 1. The van der Waals surface area contributed by atoms with Gasteiger partial charge in [0, 0.05) is 6.54 Å². The summed E-state index contributed by atoms with van der Waals surface area (Å²) in [6.45, 7) is 6.01. The van der Waals surface area contributed by atoms with Crippen LogP contribution in [-0.2, 0) is 9.59 Å². The van der Waals surface area contributed by atoms with Crippen molar-refractivity contribution in [2.45, 2.75) is 52.5 Å². The van der Waals surface area contributed by atoms with Crippen molar-refractivity contribution in [1.82, 2.24) is 4.90 Å². The summed E-state index contributed by atoms with van der Waals surface area (Å²) in [6, 6.07) is 5.09. The van der Waals surface area contributed by atoms with Crippen LogP contribution < -0.4 is 0 Å². The third-order valence-electron chi connectivity index (χ3n) is 4.87. The molecule has 0 aliphatic carbocycles. The molecule has 0 bridgehead atoms. The molecule has 0 saturated carbocycles. The Kier molecular flexibility index (Phi) is 6.34. The van der Waals surface area contributed by atoms with E-state index in [0.717, 1.165) is 25.7 Å². The van der Waals surface area contributed by atoms with Gasteiger partial charge in [-0.15, -0.1) is 0 Å². The first kappa shape index (κ1) is 19.2. The zero-order valence-electron chi connectivity index (χ0n) is 15.1. The molecule has 5 heteroatoms. The SMILES string of the molecule is CCCC[C@H](CC)CN1C(=O)C(O)=C(C(C)=O)[C@H]1c1ccc(F)cc1. The number of rotatable bonds is 8. The number of Topliss-reactive ketones (excluding diaryl/α,β-unsaturated/α-hetero) is 1. The number of nitrogens with zero attached hydrogens (tertiary/aromatic N) is 1. The van der Waals surface area contributed by atoms with Gasteiger partial charge < -0.3 is 10.0 Å². The van der Waals surface area contributed by atoms with Crippen LogP contribution >= 0.6 is 0 Å². The van der Waals surface area contributed by atoms with Crippen molar-refractivity contribution in [3.05, 3.63) is 47.0 Å². The summed E-state index contributed by atoms with van der Waals surface area (Å²) < 4.78 is 13.3. The van der Waals surface area contributed by atoms with Crippen LogP contribution in [0.25, 0.3) is 0 Å². The molecule has 0 unspecified atom stereocenters. The van der Waals surface area contributed by atoms with Gasteiger partial charge in [-0.3, -0.25) is 9.59 Å². The largest absolute Gasteiger partial charge is 0.503 e. The summed E-state index contributed by atoms with van der Waals surface area (Å²) in [4.78, 5) is 26.2. The molecule has 0 spiro atoms. The number of ketones is 1. The molecular weight excluding hydrogens is 321 g/mol. The molecule has 0 radical (unpaired) electrons. The number of unbranched alkanes of at least 4 members (excludes halogenated alkanes) is 1. The Morgan fingerprint density at radius 1 is 1.28 bits per heavy atom. The van der Waals surface area contributed by atoms with Crippen molar-refractivity contribution in [3.8, 4) is 0 Å². The molecule has 1 amide bonds. The Bertz CT molecular complexity index is 666. The molecule has 25 heavy (non-hydrogen) atoms. The van der Waals surface area contributed by atoms with E-state index in [1.54, 1.807) is 17.0 Å². The van der Waals surface area contributed by atoms with Crippen LogP contribution in [0.2, 0.25) is 0 Å². The second kappa shape index (κ2) is 8.28. The van der Waals surface area contributed by atoms with Crippen molar-refractivity contribution in [2.75, 3.05) is 6.54 Å². The maximum Gasteiger partial charge on any atom is 0.290 e. The summed E-state index contributed by atoms with van der Waals surface area (Å²) >= 11 is 0. The lowest BCUT2D eigenvalue weighted by Crippen LogP contribution is -2.35. The van der Waals surface area contributed by atoms with Crippen LogP contribution in [0.3, 0.4) is 0 Å². The Hall–Kier alpha value is -2.17. The topological polar surface area (TPSA) is 57.6 Å². The Labute approximate surface area is 148 Å². The number of aliphatic hydroxyl groups is 1. The van der Waals surface area contributed by atoms with E-state index in [-0.39, 0.29) is 17.2 Å². The zero-order valence-corrected chi connectivity index (χ0v) is 15.1. The molecule has 1 aromatic rings. The molecule has 2 rings (SSSR count). The minimum Gasteiger partial charge on any atom is -0.503 e. The average molecular weight is 347 g/mol. The van der Waals surface area contributed by atoms with E-state index < -0.39 is 17.7 Å². The standard InChI is InChI=1S/C20H26FNO3/c1-4-6-7-14(5-2)12-22-18(15-8-10-16(21)11-9-15)17(13(3)23)19(24)20(22)25/h8-11,14,18,24H,4-7,12H2,1-3H3/t14-,18+/m0/s1. The number of hydrogen-bond acceptors (Lipinski definition) is 3. The minimum absolute atomic E-state index is 0.0990. The lowest BCUT2D eigenvalue weighted by atomic mass is 9.94. The Morgan fingerprint density at radius 2 is 1.92 bits per heavy atom. The van der Waals surface area contributed by atoms with Crippen molar-refractivity contribution in [1.29, 1.82) is 0 Å². The normalized spacial score (nSPS) is 18.8. The van der Waals surface area contributed by atoms with E-state index in [0.29, 0.717) is 18.0 Å². The van der Waals surface area contributed by atoms with Crippen LogP contribution in [-0.4, -0.2) is 28.2 Å². The van der Waals surface area contributed by atoms with Crippen LogP contribution in [0, 0.1) is 11.7 Å². The molecule has 1 aromatic carbocycles. The van der Waals surface area contributed by atoms with Gasteiger partial charge in [0.1, 0.15) is 5.82 Å². The lowest BCUT2D eigenvalue weighted by Gasteiger charge is -2.30. The second-order valence-corrected chi connectivity index (χ2v) is 6.65. The molecule has 0 aromatic heterocycles. The molecular formula is C20H26FNO3. The van der Waals surface area contributed by atoms with E-state index in [2.05, 4.69) is 13.8 Å². The smallest absolute Gasteiger partial charge is 0.290 e. The van der Waals surface area contributed by atoms with Gasteiger partial charge >= 0.3 is 0 Å². The molecule has 4 nitrogen and oxygen atoms in total. The van der Waals surface area contributed by atoms with Gasteiger partial charge in [-0.2, -0.15) is 0 Å². The Balaban J connectivity index is 2.37. The molecule has 136 valence electrons. The van der Waals surface area contributed by atoms with E-state index >= 15 is 0 Å². The number of benzene rings is 1. The molecule has 1 N–H and O–H groups in total. The number of carbonyl (C=O) groups excluding carboxylic acids is 2. The average Bonchev–Trinajstić information content (AvgIpc) is 2.84. The number of halogens is 1. The zero-order chi connectivity index (χ0) is 18.6. The predicted molar refractivity (Wildman–Crippen MR) is 94.5 cm³/mol. The highest BCUT2D eigenvalue weighted by Crippen LogP contribution is 2.38. The number of aliphatic hydroxyl groups excluding tert-OH is 1. The van der Waals surface area contributed by atoms with Gasteiger partial charge in [0.15, 0.2) is 11.5 Å². The Morgan fingerprint density at radius 3 is 2.44 bits per heavy atom. The van der Waals surface area contributed by atoms with E-state index in [9.17, 15) is 19.1 Å². The fraction of sp³-hybridized carbons (Fsp3) is 0.500. The molecule has 0 saturated heterocycles. The molecule has 0 fully saturated rings. The third kappa shape index (κ3) is 4.09. The highest BCUT2D eigenvalue weighted by molar-refractivity contribution is 6.08. The van der Waals surface area contributed by atoms with Crippen molar-refractivity contribution in [3.63, 3.8) is 0 Å². The monoisotopic (exact) mass is 347 g/mol. The fourth-order valence-corrected chi connectivity index (χ4v) is 3.39. The summed E-state index contributed by atoms with van der Waals surface area (Å²) in [5, 5.41) is 10.2. The van der Waals surface area contributed by atoms with E-state index in [1.807, 2.05) is 0 Å². The van der Waals surface area contributed by atoms with Crippen LogP contribution in [0.4, 0.5) is 4.39 Å². The first-order chi connectivity index (χ1) is 11.9. The molecule has 1 aliphatic heterocycles. The first-order valence-corrected chi connectivity index (χ1v) is 8.91. The summed E-state index contributed by atoms with van der Waals surface area (Å²) in [5.41, 5.74) is 0.733. The number of carbonyl (C=O) groups is 2. The van der Waals surface area contributed by atoms with E-state index in [1.165, 1.54) is 19.1 Å². The highest BCUT2D eigenvalue weighted by Gasteiger charge is 2.42. The van der Waals surface area contributed by atoms with Gasteiger partial charge in [0.05, 0.1) is 11.6 Å². The summed E-state index contributed by atoms with van der Waals surface area (Å²) in [5.74, 6) is -1.43. The van der Waals surface area contributed by atoms with Crippen LogP contribution in [0.15, 0.2) is 35.6 Å². The second-order valence-electron chi connectivity index (χ2n) is 6.65. The van der Waals surface area contributed by atoms with Gasteiger partial charge in [-0.1, -0.05) is 45.2 Å². The van der Waals surface area contributed by atoms with Gasteiger partial charge in [-0.05, 0) is 37.0 Å². The fourth-order valence-electron chi connectivity index (χ4n) is 3.39. The minimum atomic E-state index is -0.652. The van der Waals surface area contributed by atoms with Gasteiger partial charge in [0.2, 0.25) is 0 Å². The van der Waals surface area contributed by atoms with Crippen molar-refractivity contribution < 1.29 is 19.1 Å². The maximum atomic E-state index is 13.3. The first-order valence-electron chi connectivity index (χ1n) is 8.91. The quantitative estimate of drug-likeness (QED) is 0.761. The molecule has 1 aliphatic rings. The van der Waals surface area contributed by atoms with Gasteiger partial charge in [-0.25, -0.2) is 4.39 Å². The number of amides is 1. The third-order valence-corrected chi connectivity index (χ3v) is 4.87. The lowest BCUT2D eigenvalue weighted by molar-refractivity contribution is -0.130. The van der Waals surface area contributed by atoms with Gasteiger partial charge in [0.25, 0.3) is 5.91 Å². The summed E-state index contributed by atoms with van der Waals surface area (Å²) in [7, 11) is 0. The summed E-state index contributed by atoms with van der Waals surface area (Å²) in [6.07, 6.45) is 4.05. The molecule has 1 heterocycles. The highest BCUT2D eigenvalue weighted by atomic mass is 19.1. The molecule has 2 atom stereocenters. The van der Waals surface area contributed by atoms with Crippen LogP contribution in [0.1, 0.15) is 58.1 Å². The van der Waals surface area contributed by atoms with Crippen molar-refractivity contribution >= 4 is 11.7 Å². The van der Waals surface area contributed by atoms with E-state index in [4.69, 9.17) is 0 Å². The maximum absolute atomic E-state index is 13.3. The van der Waals surface area contributed by atoms with Crippen molar-refractivity contribution in [2.24, 2.45) is 5.92 Å². The predicted octanol–water partition coefficient (Wildman–Crippen LogP) is 4.33. The van der Waals surface area contributed by atoms with Crippen LogP contribution in [0.5, 0.6) is 0 Å².